The summed E-state index contributed by atoms with van der Waals surface area (Å²) in [7, 11) is 0. The lowest BCUT2D eigenvalue weighted by Crippen LogP contribution is -2.38. The van der Waals surface area contributed by atoms with Crippen LogP contribution < -0.4 is 0 Å². The van der Waals surface area contributed by atoms with Gasteiger partial charge in [-0.3, -0.25) is 4.79 Å². The number of rotatable bonds is 5. The van der Waals surface area contributed by atoms with E-state index in [2.05, 4.69) is 0 Å². The highest BCUT2D eigenvalue weighted by molar-refractivity contribution is 6.39. The number of hydrogen-bond donors (Lipinski definition) is 1. The molecule has 18 heavy (non-hydrogen) atoms. The van der Waals surface area contributed by atoms with Crippen LogP contribution in [0.1, 0.15) is 30.6 Å². The predicted octanol–water partition coefficient (Wildman–Crippen LogP) is 3.23. The highest BCUT2D eigenvalue weighted by Gasteiger charge is 2.22. The van der Waals surface area contributed by atoms with Gasteiger partial charge in [-0.1, -0.05) is 29.3 Å². The number of carbonyl (C=O) groups excluding carboxylic acids is 1. The van der Waals surface area contributed by atoms with Gasteiger partial charge in [0.25, 0.3) is 5.91 Å². The second-order valence-corrected chi connectivity index (χ2v) is 5.08. The molecule has 0 bridgehead atoms. The van der Waals surface area contributed by atoms with Crippen molar-refractivity contribution in [2.45, 2.75) is 26.3 Å². The van der Waals surface area contributed by atoms with Crippen LogP contribution in [0.15, 0.2) is 18.2 Å². The molecule has 0 aliphatic carbocycles. The fourth-order valence-electron chi connectivity index (χ4n) is 1.68. The van der Waals surface area contributed by atoms with E-state index in [0.29, 0.717) is 28.6 Å². The van der Waals surface area contributed by atoms with E-state index in [-0.39, 0.29) is 18.6 Å². The lowest BCUT2D eigenvalue weighted by molar-refractivity contribution is 0.0693. The van der Waals surface area contributed by atoms with Gasteiger partial charge in [0, 0.05) is 19.2 Å². The van der Waals surface area contributed by atoms with E-state index in [0.717, 1.165) is 0 Å². The molecule has 100 valence electrons. The molecule has 3 nitrogen and oxygen atoms in total. The van der Waals surface area contributed by atoms with Crippen molar-refractivity contribution in [1.82, 2.24) is 4.90 Å². The van der Waals surface area contributed by atoms with Crippen molar-refractivity contribution in [1.29, 1.82) is 0 Å². The first kappa shape index (κ1) is 15.3. The van der Waals surface area contributed by atoms with Gasteiger partial charge in [-0.2, -0.15) is 0 Å². The summed E-state index contributed by atoms with van der Waals surface area (Å²) in [6.45, 7) is 4.36. The normalized spacial score (nSPS) is 10.8. The van der Waals surface area contributed by atoms with Gasteiger partial charge < -0.3 is 10.0 Å². The van der Waals surface area contributed by atoms with E-state index in [1.807, 2.05) is 13.8 Å². The standard InChI is InChI=1S/C13H17Cl2NO2/c1-9(2)16(7-4-8-17)13(18)12-10(14)5-3-6-11(12)15/h3,5-6,9,17H,4,7-8H2,1-2H3. The first-order valence-electron chi connectivity index (χ1n) is 5.85. The summed E-state index contributed by atoms with van der Waals surface area (Å²) in [5.74, 6) is -0.200. The molecular weight excluding hydrogens is 273 g/mol. The molecule has 0 fully saturated rings. The molecule has 0 unspecified atom stereocenters. The van der Waals surface area contributed by atoms with Gasteiger partial charge in [-0.15, -0.1) is 0 Å². The minimum atomic E-state index is -0.200. The molecule has 0 radical (unpaired) electrons. The molecular formula is C13H17Cl2NO2. The lowest BCUT2D eigenvalue weighted by atomic mass is 10.1. The van der Waals surface area contributed by atoms with Gasteiger partial charge >= 0.3 is 0 Å². The molecule has 0 aromatic heterocycles. The maximum Gasteiger partial charge on any atom is 0.257 e. The van der Waals surface area contributed by atoms with Gasteiger partial charge in [0.2, 0.25) is 0 Å². The summed E-state index contributed by atoms with van der Waals surface area (Å²) >= 11 is 12.1. The van der Waals surface area contributed by atoms with Crippen LogP contribution >= 0.6 is 23.2 Å². The third kappa shape index (κ3) is 3.61. The molecule has 1 amide bonds. The predicted molar refractivity (Wildman–Crippen MR) is 74.3 cm³/mol. The molecule has 1 aromatic rings. The van der Waals surface area contributed by atoms with Gasteiger partial charge in [-0.05, 0) is 32.4 Å². The fourth-order valence-corrected chi connectivity index (χ4v) is 2.24. The second kappa shape index (κ2) is 6.98. The van der Waals surface area contributed by atoms with Crippen LogP contribution in [-0.4, -0.2) is 35.1 Å². The van der Waals surface area contributed by atoms with Crippen molar-refractivity contribution in [2.75, 3.05) is 13.2 Å². The number of carbonyl (C=O) groups is 1. The van der Waals surface area contributed by atoms with Gasteiger partial charge in [-0.25, -0.2) is 0 Å². The summed E-state index contributed by atoms with van der Waals surface area (Å²) in [6, 6.07) is 5.02. The molecule has 0 aliphatic heterocycles. The molecule has 0 aliphatic rings. The first-order valence-corrected chi connectivity index (χ1v) is 6.60. The van der Waals surface area contributed by atoms with Crippen molar-refractivity contribution in [3.63, 3.8) is 0 Å². The summed E-state index contributed by atoms with van der Waals surface area (Å²) in [5, 5.41) is 9.57. The zero-order chi connectivity index (χ0) is 13.7. The van der Waals surface area contributed by atoms with E-state index < -0.39 is 0 Å². The van der Waals surface area contributed by atoms with Crippen molar-refractivity contribution in [2.24, 2.45) is 0 Å². The van der Waals surface area contributed by atoms with Crippen LogP contribution in [0.5, 0.6) is 0 Å². The molecule has 0 saturated heterocycles. The Morgan fingerprint density at radius 1 is 1.33 bits per heavy atom. The molecule has 0 atom stereocenters. The maximum absolute atomic E-state index is 12.4. The average Bonchev–Trinajstić information content (AvgIpc) is 2.28. The zero-order valence-electron chi connectivity index (χ0n) is 10.5. The molecule has 0 heterocycles. The number of amides is 1. The van der Waals surface area contributed by atoms with Crippen LogP contribution in [0.2, 0.25) is 10.0 Å². The monoisotopic (exact) mass is 289 g/mol. The van der Waals surface area contributed by atoms with Gasteiger partial charge in [0.1, 0.15) is 0 Å². The van der Waals surface area contributed by atoms with Crippen molar-refractivity contribution in [3.8, 4) is 0 Å². The summed E-state index contributed by atoms with van der Waals surface area (Å²) in [6.07, 6.45) is 0.534. The number of benzene rings is 1. The van der Waals surface area contributed by atoms with E-state index in [1.54, 1.807) is 23.1 Å². The number of aliphatic hydroxyl groups excluding tert-OH is 1. The largest absolute Gasteiger partial charge is 0.396 e. The van der Waals surface area contributed by atoms with E-state index in [4.69, 9.17) is 28.3 Å². The minimum absolute atomic E-state index is 0.0244. The Kier molecular flexibility index (Phi) is 5.93. The summed E-state index contributed by atoms with van der Waals surface area (Å²) in [4.78, 5) is 14.1. The van der Waals surface area contributed by atoms with E-state index >= 15 is 0 Å². The molecule has 0 spiro atoms. The number of nitrogens with zero attached hydrogens (tertiary/aromatic N) is 1. The topological polar surface area (TPSA) is 40.5 Å². The zero-order valence-corrected chi connectivity index (χ0v) is 12.0. The minimum Gasteiger partial charge on any atom is -0.396 e. The Morgan fingerprint density at radius 2 is 1.89 bits per heavy atom. The third-order valence-corrected chi connectivity index (χ3v) is 3.25. The summed E-state index contributed by atoms with van der Waals surface area (Å²) in [5.41, 5.74) is 0.326. The Labute approximate surface area is 117 Å². The van der Waals surface area contributed by atoms with E-state index in [1.165, 1.54) is 0 Å². The van der Waals surface area contributed by atoms with Gasteiger partial charge in [0.05, 0.1) is 15.6 Å². The quantitative estimate of drug-likeness (QED) is 0.904. The second-order valence-electron chi connectivity index (χ2n) is 4.27. The SMILES string of the molecule is CC(C)N(CCCO)C(=O)c1c(Cl)cccc1Cl. The number of aliphatic hydroxyl groups is 1. The van der Waals surface area contributed by atoms with Crippen LogP contribution in [-0.2, 0) is 0 Å². The Morgan fingerprint density at radius 3 is 2.33 bits per heavy atom. The Balaban J connectivity index is 3.02. The average molecular weight is 290 g/mol. The van der Waals surface area contributed by atoms with E-state index in [9.17, 15) is 4.79 Å². The van der Waals surface area contributed by atoms with Gasteiger partial charge in [0.15, 0.2) is 0 Å². The third-order valence-electron chi connectivity index (χ3n) is 2.62. The van der Waals surface area contributed by atoms with Crippen LogP contribution in [0.3, 0.4) is 0 Å². The number of hydrogen-bond acceptors (Lipinski definition) is 2. The number of halogens is 2. The molecule has 5 heteroatoms. The highest BCUT2D eigenvalue weighted by Crippen LogP contribution is 2.26. The van der Waals surface area contributed by atoms with Crippen LogP contribution in [0.4, 0.5) is 0 Å². The lowest BCUT2D eigenvalue weighted by Gasteiger charge is -2.27. The summed E-state index contributed by atoms with van der Waals surface area (Å²) < 4.78 is 0. The smallest absolute Gasteiger partial charge is 0.257 e. The Bertz CT molecular complexity index is 401. The highest BCUT2D eigenvalue weighted by atomic mass is 35.5. The molecule has 1 aromatic carbocycles. The Hall–Kier alpha value is -0.770. The van der Waals surface area contributed by atoms with Crippen molar-refractivity contribution >= 4 is 29.1 Å². The van der Waals surface area contributed by atoms with Crippen LogP contribution in [0, 0.1) is 0 Å². The van der Waals surface area contributed by atoms with Crippen molar-refractivity contribution < 1.29 is 9.90 Å². The molecule has 0 saturated carbocycles. The van der Waals surface area contributed by atoms with Crippen LogP contribution in [0.25, 0.3) is 0 Å². The van der Waals surface area contributed by atoms with Crippen molar-refractivity contribution in [3.05, 3.63) is 33.8 Å². The fraction of sp³-hybridized carbons (Fsp3) is 0.462. The maximum atomic E-state index is 12.4. The molecule has 1 N–H and O–H groups in total. The molecule has 1 rings (SSSR count). The first-order chi connectivity index (χ1) is 8.49.